The number of ether oxygens (including phenoxy) is 1. The van der Waals surface area contributed by atoms with Crippen molar-refractivity contribution in [2.75, 3.05) is 20.2 Å². The molecule has 0 spiro atoms. The van der Waals surface area contributed by atoms with Crippen LogP contribution in [0.1, 0.15) is 5.56 Å². The second kappa shape index (κ2) is 3.44. The Balaban J connectivity index is 2.05. The Morgan fingerprint density at radius 3 is 2.92 bits per heavy atom. The predicted molar refractivity (Wildman–Crippen MR) is 50.6 cm³/mol. The number of rotatable bonds is 3. The smallest absolute Gasteiger partial charge is 0.0966 e. The largest absolute Gasteiger partial charge is 0.375 e. The zero-order chi connectivity index (χ0) is 9.15. The monoisotopic (exact) mass is 178 g/mol. The van der Waals surface area contributed by atoms with Crippen molar-refractivity contribution in [1.29, 1.82) is 0 Å². The summed E-state index contributed by atoms with van der Waals surface area (Å²) in [6, 6.07) is 4.05. The van der Waals surface area contributed by atoms with Crippen LogP contribution in [-0.4, -0.2) is 30.8 Å². The SMILES string of the molecule is COC1(Cc2cccnc2)CNC1. The minimum Gasteiger partial charge on any atom is -0.375 e. The quantitative estimate of drug-likeness (QED) is 0.736. The van der Waals surface area contributed by atoms with E-state index in [-0.39, 0.29) is 5.60 Å². The molecule has 0 bridgehead atoms. The number of aromatic nitrogens is 1. The standard InChI is InChI=1S/C10H14N2O/c1-13-10(7-12-8-10)5-9-3-2-4-11-6-9/h2-4,6,12H,5,7-8H2,1H3. The fourth-order valence-electron chi connectivity index (χ4n) is 1.62. The third kappa shape index (κ3) is 1.71. The van der Waals surface area contributed by atoms with E-state index in [9.17, 15) is 0 Å². The van der Waals surface area contributed by atoms with Gasteiger partial charge in [0.25, 0.3) is 0 Å². The molecule has 0 aromatic carbocycles. The highest BCUT2D eigenvalue weighted by Crippen LogP contribution is 2.20. The lowest BCUT2D eigenvalue weighted by molar-refractivity contribution is -0.0502. The average Bonchev–Trinajstić information content (AvgIpc) is 2.13. The third-order valence-corrected chi connectivity index (χ3v) is 2.58. The summed E-state index contributed by atoms with van der Waals surface area (Å²) in [5, 5.41) is 3.23. The summed E-state index contributed by atoms with van der Waals surface area (Å²) >= 11 is 0. The van der Waals surface area contributed by atoms with E-state index in [0.29, 0.717) is 0 Å². The highest BCUT2D eigenvalue weighted by atomic mass is 16.5. The first kappa shape index (κ1) is 8.66. The molecule has 1 aliphatic rings. The summed E-state index contributed by atoms with van der Waals surface area (Å²) in [4.78, 5) is 4.09. The average molecular weight is 178 g/mol. The summed E-state index contributed by atoms with van der Waals surface area (Å²) in [5.74, 6) is 0. The van der Waals surface area contributed by atoms with Crippen molar-refractivity contribution in [3.63, 3.8) is 0 Å². The van der Waals surface area contributed by atoms with Crippen molar-refractivity contribution in [2.24, 2.45) is 0 Å². The molecule has 3 nitrogen and oxygen atoms in total. The fraction of sp³-hybridized carbons (Fsp3) is 0.500. The van der Waals surface area contributed by atoms with Gasteiger partial charge in [-0.1, -0.05) is 6.07 Å². The van der Waals surface area contributed by atoms with Gasteiger partial charge in [-0.2, -0.15) is 0 Å². The van der Waals surface area contributed by atoms with Crippen molar-refractivity contribution >= 4 is 0 Å². The number of nitrogens with zero attached hydrogens (tertiary/aromatic N) is 1. The van der Waals surface area contributed by atoms with Gasteiger partial charge in [-0.15, -0.1) is 0 Å². The van der Waals surface area contributed by atoms with Gasteiger partial charge in [0.2, 0.25) is 0 Å². The maximum Gasteiger partial charge on any atom is 0.0966 e. The van der Waals surface area contributed by atoms with Crippen LogP contribution in [0.15, 0.2) is 24.5 Å². The predicted octanol–water partition coefficient (Wildman–Crippen LogP) is 0.613. The van der Waals surface area contributed by atoms with Gasteiger partial charge < -0.3 is 10.1 Å². The molecule has 0 aliphatic carbocycles. The van der Waals surface area contributed by atoms with Crippen molar-refractivity contribution in [3.05, 3.63) is 30.1 Å². The lowest BCUT2D eigenvalue weighted by Crippen LogP contribution is -2.61. The summed E-state index contributed by atoms with van der Waals surface area (Å²) in [6.45, 7) is 1.89. The van der Waals surface area contributed by atoms with Gasteiger partial charge in [0.05, 0.1) is 5.60 Å². The minimum absolute atomic E-state index is 0.0169. The molecule has 0 radical (unpaired) electrons. The number of hydrogen-bond acceptors (Lipinski definition) is 3. The number of nitrogens with one attached hydrogen (secondary N) is 1. The molecular formula is C10H14N2O. The summed E-state index contributed by atoms with van der Waals surface area (Å²) < 4.78 is 5.49. The zero-order valence-electron chi connectivity index (χ0n) is 7.79. The third-order valence-electron chi connectivity index (χ3n) is 2.58. The Kier molecular flexibility index (Phi) is 2.29. The van der Waals surface area contributed by atoms with Crippen molar-refractivity contribution in [3.8, 4) is 0 Å². The molecule has 1 aromatic rings. The molecule has 0 saturated carbocycles. The van der Waals surface area contributed by atoms with Crippen LogP contribution in [0.2, 0.25) is 0 Å². The molecule has 13 heavy (non-hydrogen) atoms. The summed E-state index contributed by atoms with van der Waals surface area (Å²) in [6.07, 6.45) is 4.64. The Labute approximate surface area is 78.1 Å². The van der Waals surface area contributed by atoms with Crippen LogP contribution in [-0.2, 0) is 11.2 Å². The van der Waals surface area contributed by atoms with Gasteiger partial charge in [0, 0.05) is 39.0 Å². The topological polar surface area (TPSA) is 34.1 Å². The van der Waals surface area contributed by atoms with E-state index < -0.39 is 0 Å². The van der Waals surface area contributed by atoms with E-state index in [1.54, 1.807) is 13.3 Å². The Morgan fingerprint density at radius 1 is 1.62 bits per heavy atom. The maximum atomic E-state index is 5.49. The molecule has 0 unspecified atom stereocenters. The first-order valence-corrected chi connectivity index (χ1v) is 4.49. The molecule has 1 N–H and O–H groups in total. The molecule has 1 saturated heterocycles. The van der Waals surface area contributed by atoms with Gasteiger partial charge in [-0.3, -0.25) is 4.98 Å². The molecule has 1 aliphatic heterocycles. The van der Waals surface area contributed by atoms with Crippen LogP contribution in [0, 0.1) is 0 Å². The van der Waals surface area contributed by atoms with E-state index in [2.05, 4.69) is 16.4 Å². The second-order valence-corrected chi connectivity index (χ2v) is 3.53. The van der Waals surface area contributed by atoms with Crippen LogP contribution in [0.3, 0.4) is 0 Å². The van der Waals surface area contributed by atoms with Crippen LogP contribution in [0.4, 0.5) is 0 Å². The molecule has 70 valence electrons. The second-order valence-electron chi connectivity index (χ2n) is 3.53. The maximum absolute atomic E-state index is 5.49. The van der Waals surface area contributed by atoms with E-state index >= 15 is 0 Å². The molecule has 2 heterocycles. The molecule has 1 fully saturated rings. The molecule has 3 heteroatoms. The number of pyridine rings is 1. The van der Waals surface area contributed by atoms with E-state index in [1.165, 1.54) is 5.56 Å². The fourth-order valence-corrected chi connectivity index (χ4v) is 1.62. The van der Waals surface area contributed by atoms with Gasteiger partial charge in [0.15, 0.2) is 0 Å². The Hall–Kier alpha value is -0.930. The summed E-state index contributed by atoms with van der Waals surface area (Å²) in [7, 11) is 1.78. The van der Waals surface area contributed by atoms with Crippen molar-refractivity contribution in [2.45, 2.75) is 12.0 Å². The Morgan fingerprint density at radius 2 is 2.46 bits per heavy atom. The van der Waals surface area contributed by atoms with Crippen LogP contribution in [0.25, 0.3) is 0 Å². The van der Waals surface area contributed by atoms with E-state index in [4.69, 9.17) is 4.74 Å². The molecule has 0 atom stereocenters. The lowest BCUT2D eigenvalue weighted by atomic mass is 9.89. The van der Waals surface area contributed by atoms with Crippen molar-refractivity contribution in [1.82, 2.24) is 10.3 Å². The molecule has 1 aromatic heterocycles. The van der Waals surface area contributed by atoms with E-state index in [1.807, 2.05) is 12.3 Å². The summed E-state index contributed by atoms with van der Waals surface area (Å²) in [5.41, 5.74) is 1.26. The minimum atomic E-state index is 0.0169. The van der Waals surface area contributed by atoms with Gasteiger partial charge in [-0.05, 0) is 11.6 Å². The highest BCUT2D eigenvalue weighted by Gasteiger charge is 2.36. The first-order valence-electron chi connectivity index (χ1n) is 4.49. The van der Waals surface area contributed by atoms with Crippen LogP contribution >= 0.6 is 0 Å². The Bertz CT molecular complexity index is 264. The number of hydrogen-bond donors (Lipinski definition) is 1. The van der Waals surface area contributed by atoms with E-state index in [0.717, 1.165) is 19.5 Å². The van der Waals surface area contributed by atoms with Crippen LogP contribution in [0.5, 0.6) is 0 Å². The van der Waals surface area contributed by atoms with Gasteiger partial charge in [0.1, 0.15) is 0 Å². The molecule has 2 rings (SSSR count). The highest BCUT2D eigenvalue weighted by molar-refractivity contribution is 5.14. The first-order chi connectivity index (χ1) is 6.35. The lowest BCUT2D eigenvalue weighted by Gasteiger charge is -2.41. The van der Waals surface area contributed by atoms with Crippen LogP contribution < -0.4 is 5.32 Å². The molecule has 0 amide bonds. The normalized spacial score (nSPS) is 19.5. The van der Waals surface area contributed by atoms with Crippen molar-refractivity contribution < 1.29 is 4.74 Å². The van der Waals surface area contributed by atoms with Gasteiger partial charge in [-0.25, -0.2) is 0 Å². The zero-order valence-corrected chi connectivity index (χ0v) is 7.79. The number of methoxy groups -OCH3 is 1. The molecular weight excluding hydrogens is 164 g/mol. The van der Waals surface area contributed by atoms with Gasteiger partial charge >= 0.3 is 0 Å².